The molecule has 0 radical (unpaired) electrons. The molecule has 3 heteroatoms. The van der Waals surface area contributed by atoms with E-state index in [4.69, 9.17) is 5.73 Å². The first-order valence-corrected chi connectivity index (χ1v) is 7.09. The van der Waals surface area contributed by atoms with Crippen LogP contribution in [0.2, 0.25) is 0 Å². The normalized spacial score (nSPS) is 12.3. The SMILES string of the molecule is CCN(CC)C(=O)C(CN)Cc1cccc(C)c1C. The van der Waals surface area contributed by atoms with Crippen molar-refractivity contribution in [2.75, 3.05) is 19.6 Å². The highest BCUT2D eigenvalue weighted by molar-refractivity contribution is 5.79. The zero-order valence-corrected chi connectivity index (χ0v) is 12.6. The maximum atomic E-state index is 12.4. The Morgan fingerprint density at radius 1 is 1.26 bits per heavy atom. The van der Waals surface area contributed by atoms with Gasteiger partial charge in [0.15, 0.2) is 0 Å². The molecule has 3 nitrogen and oxygen atoms in total. The van der Waals surface area contributed by atoms with Gasteiger partial charge in [0, 0.05) is 19.6 Å². The molecule has 0 aliphatic rings. The van der Waals surface area contributed by atoms with E-state index in [1.165, 1.54) is 16.7 Å². The van der Waals surface area contributed by atoms with Gasteiger partial charge in [-0.25, -0.2) is 0 Å². The number of hydrogen-bond donors (Lipinski definition) is 1. The second kappa shape index (κ2) is 7.29. The highest BCUT2D eigenvalue weighted by Crippen LogP contribution is 2.18. The molecular formula is C16H26N2O. The lowest BCUT2D eigenvalue weighted by atomic mass is 9.93. The van der Waals surface area contributed by atoms with Gasteiger partial charge in [0.25, 0.3) is 0 Å². The van der Waals surface area contributed by atoms with Gasteiger partial charge < -0.3 is 10.6 Å². The molecule has 1 atom stereocenters. The number of amides is 1. The van der Waals surface area contributed by atoms with Crippen molar-refractivity contribution in [3.63, 3.8) is 0 Å². The predicted molar refractivity (Wildman–Crippen MR) is 80.1 cm³/mol. The van der Waals surface area contributed by atoms with Crippen LogP contribution in [0.1, 0.15) is 30.5 Å². The molecule has 0 bridgehead atoms. The average Bonchev–Trinajstić information content (AvgIpc) is 2.41. The summed E-state index contributed by atoms with van der Waals surface area (Å²) in [6.45, 7) is 10.1. The number of carbonyl (C=O) groups is 1. The summed E-state index contributed by atoms with van der Waals surface area (Å²) in [6.07, 6.45) is 0.735. The highest BCUT2D eigenvalue weighted by Gasteiger charge is 2.22. The number of rotatable bonds is 6. The quantitative estimate of drug-likeness (QED) is 0.855. The summed E-state index contributed by atoms with van der Waals surface area (Å²) in [5.41, 5.74) is 9.58. The molecule has 0 heterocycles. The minimum atomic E-state index is -0.111. The second-order valence-corrected chi connectivity index (χ2v) is 5.01. The van der Waals surface area contributed by atoms with E-state index in [9.17, 15) is 4.79 Å². The molecular weight excluding hydrogens is 236 g/mol. The van der Waals surface area contributed by atoms with Crippen LogP contribution in [-0.4, -0.2) is 30.4 Å². The van der Waals surface area contributed by atoms with Crippen LogP contribution in [0.25, 0.3) is 0 Å². The number of benzene rings is 1. The molecule has 1 aromatic carbocycles. The Labute approximate surface area is 116 Å². The Balaban J connectivity index is 2.87. The summed E-state index contributed by atoms with van der Waals surface area (Å²) in [4.78, 5) is 14.2. The van der Waals surface area contributed by atoms with Crippen LogP contribution in [0.4, 0.5) is 0 Å². The number of nitrogens with zero attached hydrogens (tertiary/aromatic N) is 1. The fourth-order valence-corrected chi connectivity index (χ4v) is 2.36. The number of nitrogens with two attached hydrogens (primary N) is 1. The largest absolute Gasteiger partial charge is 0.343 e. The molecule has 0 aliphatic carbocycles. The van der Waals surface area contributed by atoms with E-state index in [0.29, 0.717) is 6.54 Å². The Hall–Kier alpha value is -1.35. The van der Waals surface area contributed by atoms with Crippen molar-refractivity contribution in [1.82, 2.24) is 4.90 Å². The lowest BCUT2D eigenvalue weighted by Crippen LogP contribution is -2.40. The lowest BCUT2D eigenvalue weighted by molar-refractivity contribution is -0.134. The van der Waals surface area contributed by atoms with E-state index in [-0.39, 0.29) is 11.8 Å². The molecule has 0 saturated carbocycles. The standard InChI is InChI=1S/C16H26N2O/c1-5-18(6-2)16(19)15(11-17)10-14-9-7-8-12(3)13(14)4/h7-9,15H,5-6,10-11,17H2,1-4H3. The van der Waals surface area contributed by atoms with E-state index < -0.39 is 0 Å². The van der Waals surface area contributed by atoms with Crippen molar-refractivity contribution in [3.05, 3.63) is 34.9 Å². The van der Waals surface area contributed by atoms with Crippen LogP contribution in [-0.2, 0) is 11.2 Å². The Bertz CT molecular complexity index is 425. The Kier molecular flexibility index (Phi) is 6.03. The fraction of sp³-hybridized carbons (Fsp3) is 0.562. The fourth-order valence-electron chi connectivity index (χ4n) is 2.36. The summed E-state index contributed by atoms with van der Waals surface area (Å²) in [5, 5.41) is 0. The average molecular weight is 262 g/mol. The molecule has 106 valence electrons. The molecule has 0 fully saturated rings. The van der Waals surface area contributed by atoms with Crippen LogP contribution in [0, 0.1) is 19.8 Å². The van der Waals surface area contributed by atoms with Crippen LogP contribution < -0.4 is 5.73 Å². The van der Waals surface area contributed by atoms with E-state index in [1.54, 1.807) is 0 Å². The third-order valence-corrected chi connectivity index (χ3v) is 3.89. The highest BCUT2D eigenvalue weighted by atomic mass is 16.2. The van der Waals surface area contributed by atoms with E-state index in [1.807, 2.05) is 24.8 Å². The van der Waals surface area contributed by atoms with Crippen LogP contribution in [0.3, 0.4) is 0 Å². The number of hydrogen-bond acceptors (Lipinski definition) is 2. The van der Waals surface area contributed by atoms with Gasteiger partial charge in [-0.15, -0.1) is 0 Å². The van der Waals surface area contributed by atoms with Crippen LogP contribution >= 0.6 is 0 Å². The zero-order chi connectivity index (χ0) is 14.4. The molecule has 2 N–H and O–H groups in total. The minimum absolute atomic E-state index is 0.111. The summed E-state index contributed by atoms with van der Waals surface area (Å²) >= 11 is 0. The number of carbonyl (C=O) groups excluding carboxylic acids is 1. The molecule has 0 spiro atoms. The van der Waals surface area contributed by atoms with Crippen molar-refractivity contribution >= 4 is 5.91 Å². The van der Waals surface area contributed by atoms with Gasteiger partial charge in [0.05, 0.1) is 5.92 Å². The Morgan fingerprint density at radius 2 is 1.89 bits per heavy atom. The summed E-state index contributed by atoms with van der Waals surface area (Å²) < 4.78 is 0. The molecule has 19 heavy (non-hydrogen) atoms. The molecule has 1 amide bonds. The predicted octanol–water partition coefficient (Wildman–Crippen LogP) is 2.29. The maximum absolute atomic E-state index is 12.4. The van der Waals surface area contributed by atoms with Crippen molar-refractivity contribution in [1.29, 1.82) is 0 Å². The van der Waals surface area contributed by atoms with Crippen molar-refractivity contribution in [2.45, 2.75) is 34.1 Å². The van der Waals surface area contributed by atoms with Gasteiger partial charge in [-0.3, -0.25) is 4.79 Å². The number of aryl methyl sites for hydroxylation is 1. The van der Waals surface area contributed by atoms with E-state index in [0.717, 1.165) is 19.5 Å². The molecule has 0 aliphatic heterocycles. The van der Waals surface area contributed by atoms with Crippen molar-refractivity contribution in [2.24, 2.45) is 11.7 Å². The van der Waals surface area contributed by atoms with Gasteiger partial charge in [0.1, 0.15) is 0 Å². The summed E-state index contributed by atoms with van der Waals surface area (Å²) in [7, 11) is 0. The van der Waals surface area contributed by atoms with Gasteiger partial charge in [-0.1, -0.05) is 18.2 Å². The molecule has 0 saturated heterocycles. The molecule has 0 aromatic heterocycles. The van der Waals surface area contributed by atoms with Gasteiger partial charge in [-0.2, -0.15) is 0 Å². The van der Waals surface area contributed by atoms with Gasteiger partial charge in [-0.05, 0) is 50.8 Å². The lowest BCUT2D eigenvalue weighted by Gasteiger charge is -2.25. The van der Waals surface area contributed by atoms with Gasteiger partial charge >= 0.3 is 0 Å². The zero-order valence-electron chi connectivity index (χ0n) is 12.6. The van der Waals surface area contributed by atoms with Crippen molar-refractivity contribution < 1.29 is 4.79 Å². The summed E-state index contributed by atoms with van der Waals surface area (Å²) in [6, 6.07) is 6.25. The van der Waals surface area contributed by atoms with E-state index >= 15 is 0 Å². The van der Waals surface area contributed by atoms with Crippen LogP contribution in [0.15, 0.2) is 18.2 Å². The smallest absolute Gasteiger partial charge is 0.227 e. The first kappa shape index (κ1) is 15.7. The first-order valence-electron chi connectivity index (χ1n) is 7.09. The molecule has 1 aromatic rings. The first-order chi connectivity index (χ1) is 9.04. The minimum Gasteiger partial charge on any atom is -0.343 e. The topological polar surface area (TPSA) is 46.3 Å². The monoisotopic (exact) mass is 262 g/mol. The third-order valence-electron chi connectivity index (χ3n) is 3.89. The van der Waals surface area contributed by atoms with Crippen LogP contribution in [0.5, 0.6) is 0 Å². The Morgan fingerprint density at radius 3 is 2.42 bits per heavy atom. The molecule has 1 unspecified atom stereocenters. The van der Waals surface area contributed by atoms with E-state index in [2.05, 4.69) is 26.0 Å². The van der Waals surface area contributed by atoms with Crippen molar-refractivity contribution in [3.8, 4) is 0 Å². The maximum Gasteiger partial charge on any atom is 0.227 e. The second-order valence-electron chi connectivity index (χ2n) is 5.01. The molecule has 1 rings (SSSR count). The third kappa shape index (κ3) is 3.80. The summed E-state index contributed by atoms with van der Waals surface area (Å²) in [5.74, 6) is 0.0637. The van der Waals surface area contributed by atoms with Gasteiger partial charge in [0.2, 0.25) is 5.91 Å².